The van der Waals surface area contributed by atoms with Crippen LogP contribution in [0.5, 0.6) is 0 Å². The molecule has 0 unspecified atom stereocenters. The minimum atomic E-state index is 0.801. The number of nitrogens with zero attached hydrogens (tertiary/aromatic N) is 4. The van der Waals surface area contributed by atoms with E-state index in [1.165, 1.54) is 10.4 Å². The molecule has 7 nitrogen and oxygen atoms in total. The number of nitrogens with one attached hydrogen (secondary N) is 2. The molecule has 1 aliphatic heterocycles. The highest BCUT2D eigenvalue weighted by Crippen LogP contribution is 2.33. The van der Waals surface area contributed by atoms with E-state index in [4.69, 9.17) is 9.72 Å². The summed E-state index contributed by atoms with van der Waals surface area (Å²) in [5.41, 5.74) is 4.14. The maximum absolute atomic E-state index is 5.42. The van der Waals surface area contributed by atoms with Gasteiger partial charge in [-0.1, -0.05) is 30.3 Å². The van der Waals surface area contributed by atoms with Crippen molar-refractivity contribution >= 4 is 22.2 Å². The topological polar surface area (TPSA) is 79.0 Å². The third-order valence-corrected chi connectivity index (χ3v) is 6.08. The summed E-state index contributed by atoms with van der Waals surface area (Å²) in [6.07, 6.45) is 1.72. The van der Waals surface area contributed by atoms with E-state index in [1.54, 1.807) is 17.5 Å². The van der Waals surface area contributed by atoms with Gasteiger partial charge in [-0.2, -0.15) is 15.4 Å². The Kier molecular flexibility index (Phi) is 5.52. The lowest BCUT2D eigenvalue weighted by molar-refractivity contribution is 0.0337. The molecule has 2 N–H and O–H groups in total. The Labute approximate surface area is 178 Å². The number of morpholine rings is 1. The Morgan fingerprint density at radius 3 is 2.63 bits per heavy atom. The standard InChI is InChI=1S/C22H22N6OS/c1-2-18(15-28-10-12-29-13-11-28)24-21(3-1)25-22-9-8-20(30-22)17-6-4-16(5-7-17)19-14-23-27-26-19/h1-9,14H,10-13,15H2,(H,24,25)(H,23,26,27). The van der Waals surface area contributed by atoms with E-state index in [0.29, 0.717) is 0 Å². The van der Waals surface area contributed by atoms with E-state index in [2.05, 4.69) is 74.2 Å². The molecular formula is C22H22N6OS. The molecule has 1 aromatic carbocycles. The maximum Gasteiger partial charge on any atom is 0.131 e. The number of ether oxygens (including phenoxy) is 1. The van der Waals surface area contributed by atoms with Gasteiger partial charge in [-0.25, -0.2) is 4.98 Å². The first kappa shape index (κ1) is 18.9. The minimum absolute atomic E-state index is 0.801. The van der Waals surface area contributed by atoms with Crippen LogP contribution in [-0.2, 0) is 11.3 Å². The number of rotatable bonds is 6. The Balaban J connectivity index is 1.26. The van der Waals surface area contributed by atoms with Gasteiger partial charge < -0.3 is 10.1 Å². The van der Waals surface area contributed by atoms with Gasteiger partial charge in [-0.3, -0.25) is 4.90 Å². The number of pyridine rings is 1. The van der Waals surface area contributed by atoms with Crippen molar-refractivity contribution in [2.24, 2.45) is 0 Å². The van der Waals surface area contributed by atoms with Crippen molar-refractivity contribution in [3.05, 3.63) is 66.5 Å². The number of aromatic amines is 1. The predicted octanol–water partition coefficient (Wildman–Crippen LogP) is 4.17. The van der Waals surface area contributed by atoms with Gasteiger partial charge >= 0.3 is 0 Å². The Bertz CT molecular complexity index is 1090. The average molecular weight is 419 g/mol. The van der Waals surface area contributed by atoms with E-state index < -0.39 is 0 Å². The first-order chi connectivity index (χ1) is 14.8. The number of H-pyrrole nitrogens is 1. The van der Waals surface area contributed by atoms with Crippen molar-refractivity contribution in [3.63, 3.8) is 0 Å². The largest absolute Gasteiger partial charge is 0.379 e. The van der Waals surface area contributed by atoms with Crippen LogP contribution in [0.1, 0.15) is 5.69 Å². The second-order valence-corrected chi connectivity index (χ2v) is 8.21. The summed E-state index contributed by atoms with van der Waals surface area (Å²) >= 11 is 1.71. The van der Waals surface area contributed by atoms with Crippen LogP contribution in [0.25, 0.3) is 21.7 Å². The fourth-order valence-electron chi connectivity index (χ4n) is 3.46. The average Bonchev–Trinajstić information content (AvgIpc) is 3.48. The number of benzene rings is 1. The van der Waals surface area contributed by atoms with Crippen molar-refractivity contribution in [2.75, 3.05) is 31.6 Å². The lowest BCUT2D eigenvalue weighted by Gasteiger charge is -2.26. The van der Waals surface area contributed by atoms with Gasteiger partial charge in [0.1, 0.15) is 11.5 Å². The molecule has 0 amide bonds. The Hall–Kier alpha value is -3.07. The molecular weight excluding hydrogens is 396 g/mol. The molecule has 0 bridgehead atoms. The second-order valence-electron chi connectivity index (χ2n) is 7.12. The van der Waals surface area contributed by atoms with Gasteiger partial charge in [-0.05, 0) is 29.8 Å². The molecule has 4 heterocycles. The van der Waals surface area contributed by atoms with Gasteiger partial charge in [0.2, 0.25) is 0 Å². The zero-order chi connectivity index (χ0) is 20.2. The summed E-state index contributed by atoms with van der Waals surface area (Å²) in [4.78, 5) is 8.36. The second kappa shape index (κ2) is 8.74. The normalized spacial score (nSPS) is 14.7. The summed E-state index contributed by atoms with van der Waals surface area (Å²) in [5.74, 6) is 0.871. The number of hydrogen-bond acceptors (Lipinski definition) is 7. The lowest BCUT2D eigenvalue weighted by atomic mass is 10.1. The fraction of sp³-hybridized carbons (Fsp3) is 0.227. The summed E-state index contributed by atoms with van der Waals surface area (Å²) in [7, 11) is 0. The van der Waals surface area contributed by atoms with Crippen LogP contribution in [0.2, 0.25) is 0 Å². The highest BCUT2D eigenvalue weighted by atomic mass is 32.1. The van der Waals surface area contributed by atoms with Crippen LogP contribution in [0.15, 0.2) is 60.8 Å². The van der Waals surface area contributed by atoms with E-state index in [9.17, 15) is 0 Å². The summed E-state index contributed by atoms with van der Waals surface area (Å²) in [5, 5.41) is 15.2. The first-order valence-electron chi connectivity index (χ1n) is 9.93. The van der Waals surface area contributed by atoms with Gasteiger partial charge in [-0.15, -0.1) is 11.3 Å². The fourth-order valence-corrected chi connectivity index (χ4v) is 4.38. The molecule has 152 valence electrons. The SMILES string of the molecule is c1cc(CN2CCOCC2)nc(Nc2ccc(-c3ccc(-c4cn[nH]n4)cc3)s2)c1. The van der Waals surface area contributed by atoms with Crippen molar-refractivity contribution in [1.29, 1.82) is 0 Å². The van der Waals surface area contributed by atoms with Crippen LogP contribution >= 0.6 is 11.3 Å². The molecule has 0 spiro atoms. The summed E-state index contributed by atoms with van der Waals surface area (Å²) in [6.45, 7) is 4.38. The molecule has 0 saturated carbocycles. The highest BCUT2D eigenvalue weighted by molar-refractivity contribution is 7.19. The molecule has 30 heavy (non-hydrogen) atoms. The molecule has 0 radical (unpaired) electrons. The van der Waals surface area contributed by atoms with Gasteiger partial charge in [0, 0.05) is 30.1 Å². The number of hydrogen-bond donors (Lipinski definition) is 2. The van der Waals surface area contributed by atoms with Gasteiger partial charge in [0.05, 0.1) is 30.1 Å². The Morgan fingerprint density at radius 1 is 1.00 bits per heavy atom. The smallest absolute Gasteiger partial charge is 0.131 e. The van der Waals surface area contributed by atoms with E-state index >= 15 is 0 Å². The van der Waals surface area contributed by atoms with Crippen LogP contribution in [0.3, 0.4) is 0 Å². The molecule has 4 aromatic rings. The highest BCUT2D eigenvalue weighted by Gasteiger charge is 2.12. The molecule has 1 aliphatic rings. The predicted molar refractivity (Wildman–Crippen MR) is 119 cm³/mol. The van der Waals surface area contributed by atoms with Crippen LogP contribution in [-0.4, -0.2) is 51.6 Å². The molecule has 1 saturated heterocycles. The van der Waals surface area contributed by atoms with Gasteiger partial charge in [0.25, 0.3) is 0 Å². The number of anilines is 2. The molecule has 3 aromatic heterocycles. The van der Waals surface area contributed by atoms with E-state index in [1.807, 2.05) is 6.07 Å². The van der Waals surface area contributed by atoms with Crippen LogP contribution < -0.4 is 5.32 Å². The zero-order valence-electron chi connectivity index (χ0n) is 16.4. The van der Waals surface area contributed by atoms with Crippen molar-refractivity contribution in [1.82, 2.24) is 25.3 Å². The third-order valence-electron chi connectivity index (χ3n) is 5.03. The van der Waals surface area contributed by atoms with Crippen LogP contribution in [0.4, 0.5) is 10.8 Å². The molecule has 1 fully saturated rings. The molecule has 5 rings (SSSR count). The lowest BCUT2D eigenvalue weighted by Crippen LogP contribution is -2.35. The van der Waals surface area contributed by atoms with Crippen molar-refractivity contribution in [3.8, 4) is 21.7 Å². The Morgan fingerprint density at radius 2 is 1.83 bits per heavy atom. The van der Waals surface area contributed by atoms with Crippen molar-refractivity contribution in [2.45, 2.75) is 6.54 Å². The number of thiophene rings is 1. The zero-order valence-corrected chi connectivity index (χ0v) is 17.2. The number of aromatic nitrogens is 4. The maximum atomic E-state index is 5.42. The molecule has 0 atom stereocenters. The van der Waals surface area contributed by atoms with Gasteiger partial charge in [0.15, 0.2) is 0 Å². The van der Waals surface area contributed by atoms with E-state index in [-0.39, 0.29) is 0 Å². The first-order valence-corrected chi connectivity index (χ1v) is 10.7. The quantitative estimate of drug-likeness (QED) is 0.489. The summed E-state index contributed by atoms with van der Waals surface area (Å²) < 4.78 is 5.42. The third kappa shape index (κ3) is 4.40. The van der Waals surface area contributed by atoms with E-state index in [0.717, 1.165) is 60.6 Å². The summed E-state index contributed by atoms with van der Waals surface area (Å²) in [6, 6.07) is 18.7. The molecule has 0 aliphatic carbocycles. The molecule has 8 heteroatoms. The van der Waals surface area contributed by atoms with Crippen molar-refractivity contribution < 1.29 is 4.74 Å². The monoisotopic (exact) mass is 418 g/mol. The minimum Gasteiger partial charge on any atom is -0.379 e. The van der Waals surface area contributed by atoms with Crippen LogP contribution in [0, 0.1) is 0 Å².